The van der Waals surface area contributed by atoms with Crippen LogP contribution in [0, 0.1) is 17.0 Å². The van der Waals surface area contributed by atoms with Crippen molar-refractivity contribution in [1.29, 1.82) is 0 Å². The first-order valence-corrected chi connectivity index (χ1v) is 9.79. The molecule has 2 amide bonds. The molecule has 152 valence electrons. The van der Waals surface area contributed by atoms with Crippen molar-refractivity contribution in [3.8, 4) is 0 Å². The summed E-state index contributed by atoms with van der Waals surface area (Å²) in [6.07, 6.45) is 1.55. The highest BCUT2D eigenvalue weighted by atomic mass is 19.2. The van der Waals surface area contributed by atoms with E-state index >= 15 is 0 Å². The van der Waals surface area contributed by atoms with Crippen LogP contribution in [0.4, 0.5) is 8.78 Å². The molecule has 3 aliphatic heterocycles. The fraction of sp³-hybridized carbons (Fsp3) is 0.600. The first-order chi connectivity index (χ1) is 13.5. The molecule has 28 heavy (non-hydrogen) atoms. The minimum absolute atomic E-state index is 0.0185. The summed E-state index contributed by atoms with van der Waals surface area (Å²) in [5, 5.41) is 3.17. The van der Waals surface area contributed by atoms with Crippen LogP contribution in [-0.4, -0.2) is 67.0 Å². The van der Waals surface area contributed by atoms with Gasteiger partial charge in [0, 0.05) is 51.1 Å². The van der Waals surface area contributed by atoms with Crippen LogP contribution < -0.4 is 5.32 Å². The highest BCUT2D eigenvalue weighted by Gasteiger charge is 2.46. The average Bonchev–Trinajstić information content (AvgIpc) is 3.00. The molecule has 0 unspecified atom stereocenters. The summed E-state index contributed by atoms with van der Waals surface area (Å²) in [5.74, 6) is -1.73. The van der Waals surface area contributed by atoms with E-state index in [1.165, 1.54) is 6.07 Å². The highest BCUT2D eigenvalue weighted by molar-refractivity contribution is 5.82. The van der Waals surface area contributed by atoms with Crippen LogP contribution in [0.1, 0.15) is 24.8 Å². The molecule has 3 heterocycles. The van der Waals surface area contributed by atoms with Gasteiger partial charge in [-0.15, -0.1) is 0 Å². The van der Waals surface area contributed by atoms with Crippen molar-refractivity contribution in [2.75, 3.05) is 39.3 Å². The van der Waals surface area contributed by atoms with Crippen molar-refractivity contribution in [3.63, 3.8) is 0 Å². The lowest BCUT2D eigenvalue weighted by atomic mass is 9.77. The van der Waals surface area contributed by atoms with Gasteiger partial charge < -0.3 is 19.9 Å². The number of hydrogen-bond donors (Lipinski definition) is 1. The fourth-order valence-corrected chi connectivity index (χ4v) is 4.45. The first kappa shape index (κ1) is 19.3. The van der Waals surface area contributed by atoms with E-state index in [1.54, 1.807) is 4.90 Å². The van der Waals surface area contributed by atoms with Gasteiger partial charge >= 0.3 is 0 Å². The summed E-state index contributed by atoms with van der Waals surface area (Å²) < 4.78 is 32.1. The zero-order chi connectivity index (χ0) is 19.7. The molecule has 3 aliphatic rings. The largest absolute Gasteiger partial charge is 0.366 e. The Balaban J connectivity index is 1.34. The van der Waals surface area contributed by atoms with Gasteiger partial charge in [-0.2, -0.15) is 0 Å². The predicted octanol–water partition coefficient (Wildman–Crippen LogP) is 1.29. The van der Waals surface area contributed by atoms with Gasteiger partial charge in [-0.05, 0) is 30.5 Å². The second kappa shape index (κ2) is 7.75. The standard InChI is InChI=1S/C20H25F2N3O3/c21-15-2-1-14(9-16(15)22)12-25-13-20(10-18(25)26)3-6-24(7-4-20)19(27)17-11-23-5-8-28-17/h1-2,9,17,23H,3-8,10-13H2/t17-/m0/s1. The van der Waals surface area contributed by atoms with Crippen LogP contribution in [0.5, 0.6) is 0 Å². The minimum Gasteiger partial charge on any atom is -0.366 e. The van der Waals surface area contributed by atoms with Gasteiger partial charge in [-0.3, -0.25) is 9.59 Å². The lowest BCUT2D eigenvalue weighted by Gasteiger charge is -2.40. The molecule has 0 saturated carbocycles. The minimum atomic E-state index is -0.898. The number of piperidine rings is 1. The van der Waals surface area contributed by atoms with Gasteiger partial charge in [0.2, 0.25) is 5.91 Å². The third-order valence-corrected chi connectivity index (χ3v) is 6.10. The van der Waals surface area contributed by atoms with E-state index < -0.39 is 17.7 Å². The topological polar surface area (TPSA) is 61.9 Å². The molecular formula is C20H25F2N3O3. The van der Waals surface area contributed by atoms with Gasteiger partial charge in [-0.25, -0.2) is 8.78 Å². The molecule has 1 spiro atoms. The Morgan fingerprint density at radius 1 is 1.25 bits per heavy atom. The number of halogens is 2. The van der Waals surface area contributed by atoms with Crippen molar-refractivity contribution in [1.82, 2.24) is 15.1 Å². The molecule has 1 atom stereocenters. The Hall–Kier alpha value is -2.06. The molecule has 1 aromatic carbocycles. The van der Waals surface area contributed by atoms with Crippen molar-refractivity contribution in [2.24, 2.45) is 5.41 Å². The Bertz CT molecular complexity index is 759. The number of ether oxygens (including phenoxy) is 1. The van der Waals surface area contributed by atoms with Gasteiger partial charge in [-0.1, -0.05) is 6.07 Å². The number of morpholine rings is 1. The van der Waals surface area contributed by atoms with Crippen molar-refractivity contribution in [3.05, 3.63) is 35.4 Å². The van der Waals surface area contributed by atoms with E-state index in [9.17, 15) is 18.4 Å². The maximum Gasteiger partial charge on any atom is 0.253 e. The third kappa shape index (κ3) is 3.89. The van der Waals surface area contributed by atoms with E-state index in [0.717, 1.165) is 31.5 Å². The number of rotatable bonds is 3. The number of amides is 2. The smallest absolute Gasteiger partial charge is 0.253 e. The molecule has 6 nitrogen and oxygen atoms in total. The van der Waals surface area contributed by atoms with E-state index in [0.29, 0.717) is 44.8 Å². The highest BCUT2D eigenvalue weighted by Crippen LogP contribution is 2.41. The third-order valence-electron chi connectivity index (χ3n) is 6.10. The Morgan fingerprint density at radius 3 is 2.71 bits per heavy atom. The summed E-state index contributed by atoms with van der Waals surface area (Å²) in [4.78, 5) is 28.7. The zero-order valence-electron chi connectivity index (χ0n) is 15.8. The summed E-state index contributed by atoms with van der Waals surface area (Å²) in [5.41, 5.74) is 0.442. The number of likely N-dealkylation sites (tertiary alicyclic amines) is 2. The summed E-state index contributed by atoms with van der Waals surface area (Å²) in [6.45, 7) is 3.96. The van der Waals surface area contributed by atoms with Crippen molar-refractivity contribution in [2.45, 2.75) is 31.9 Å². The number of benzene rings is 1. The normalized spacial score (nSPS) is 24.8. The Labute approximate surface area is 162 Å². The van der Waals surface area contributed by atoms with Crippen LogP contribution in [-0.2, 0) is 20.9 Å². The quantitative estimate of drug-likeness (QED) is 0.841. The number of carbonyl (C=O) groups is 2. The van der Waals surface area contributed by atoms with E-state index in [4.69, 9.17) is 4.74 Å². The monoisotopic (exact) mass is 393 g/mol. The van der Waals surface area contributed by atoms with Crippen LogP contribution >= 0.6 is 0 Å². The second-order valence-electron chi connectivity index (χ2n) is 8.06. The second-order valence-corrected chi connectivity index (χ2v) is 8.06. The maximum absolute atomic E-state index is 13.4. The molecule has 4 rings (SSSR count). The molecular weight excluding hydrogens is 368 g/mol. The summed E-state index contributed by atoms with van der Waals surface area (Å²) in [6, 6.07) is 3.75. The average molecular weight is 393 g/mol. The van der Waals surface area contributed by atoms with Crippen LogP contribution in [0.25, 0.3) is 0 Å². The number of nitrogens with zero attached hydrogens (tertiary/aromatic N) is 2. The molecule has 0 bridgehead atoms. The number of nitrogens with one attached hydrogen (secondary N) is 1. The summed E-state index contributed by atoms with van der Waals surface area (Å²) in [7, 11) is 0. The van der Waals surface area contributed by atoms with E-state index in [-0.39, 0.29) is 23.8 Å². The van der Waals surface area contributed by atoms with E-state index in [1.807, 2.05) is 4.90 Å². The molecule has 1 aromatic rings. The SMILES string of the molecule is O=C1CC2(CCN(C(=O)[C@@H]3CNCCO3)CC2)CN1Cc1ccc(F)c(F)c1. The van der Waals surface area contributed by atoms with Gasteiger partial charge in [0.25, 0.3) is 5.91 Å². The first-order valence-electron chi connectivity index (χ1n) is 9.79. The Kier molecular flexibility index (Phi) is 5.33. The fourth-order valence-electron chi connectivity index (χ4n) is 4.45. The summed E-state index contributed by atoms with van der Waals surface area (Å²) >= 11 is 0. The van der Waals surface area contributed by atoms with Crippen LogP contribution in [0.15, 0.2) is 18.2 Å². The molecule has 8 heteroatoms. The molecule has 3 fully saturated rings. The number of carbonyl (C=O) groups excluding carboxylic acids is 2. The molecule has 0 aliphatic carbocycles. The molecule has 0 aromatic heterocycles. The van der Waals surface area contributed by atoms with Gasteiger partial charge in [0.15, 0.2) is 11.6 Å². The lowest BCUT2D eigenvalue weighted by molar-refractivity contribution is -0.147. The van der Waals surface area contributed by atoms with Crippen LogP contribution in [0.3, 0.4) is 0 Å². The molecule has 1 N–H and O–H groups in total. The zero-order valence-corrected chi connectivity index (χ0v) is 15.8. The maximum atomic E-state index is 13.4. The number of hydrogen-bond acceptors (Lipinski definition) is 4. The lowest BCUT2D eigenvalue weighted by Crippen LogP contribution is -2.52. The van der Waals surface area contributed by atoms with Gasteiger partial charge in [0.1, 0.15) is 6.10 Å². The predicted molar refractivity (Wildman–Crippen MR) is 97.2 cm³/mol. The molecule has 0 radical (unpaired) electrons. The van der Waals surface area contributed by atoms with Crippen LogP contribution in [0.2, 0.25) is 0 Å². The van der Waals surface area contributed by atoms with Crippen molar-refractivity contribution < 1.29 is 23.1 Å². The van der Waals surface area contributed by atoms with E-state index in [2.05, 4.69) is 5.32 Å². The van der Waals surface area contributed by atoms with Crippen molar-refractivity contribution >= 4 is 11.8 Å². The Morgan fingerprint density at radius 2 is 2.04 bits per heavy atom. The van der Waals surface area contributed by atoms with Gasteiger partial charge in [0.05, 0.1) is 6.61 Å². The molecule has 3 saturated heterocycles.